The van der Waals surface area contributed by atoms with Crippen molar-refractivity contribution in [2.75, 3.05) is 5.32 Å². The molecule has 1 aliphatic rings. The van der Waals surface area contributed by atoms with E-state index in [1.807, 2.05) is 0 Å². The number of carbonyl (C=O) groups is 2. The van der Waals surface area contributed by atoms with Gasteiger partial charge in [0, 0.05) is 6.92 Å². The first-order valence-corrected chi connectivity index (χ1v) is 4.04. The quantitative estimate of drug-likeness (QED) is 0.461. The summed E-state index contributed by atoms with van der Waals surface area (Å²) in [6.07, 6.45) is 0.809. The molecule has 1 unspecified atom stereocenters. The van der Waals surface area contributed by atoms with E-state index in [0.717, 1.165) is 0 Å². The van der Waals surface area contributed by atoms with Gasteiger partial charge in [-0.15, -0.1) is 0 Å². The van der Waals surface area contributed by atoms with Gasteiger partial charge in [-0.2, -0.15) is 0 Å². The second kappa shape index (κ2) is 3.02. The van der Waals surface area contributed by atoms with Gasteiger partial charge in [-0.25, -0.2) is 4.98 Å². The Bertz CT molecular complexity index is 385. The van der Waals surface area contributed by atoms with Crippen molar-refractivity contribution in [2.24, 2.45) is 0 Å². The molecule has 2 amide bonds. The van der Waals surface area contributed by atoms with Crippen molar-refractivity contribution in [3.63, 3.8) is 0 Å². The molecule has 1 aromatic heterocycles. The van der Waals surface area contributed by atoms with Gasteiger partial charge in [-0.3, -0.25) is 9.59 Å². The third kappa shape index (κ3) is 1.39. The summed E-state index contributed by atoms with van der Waals surface area (Å²) >= 11 is 0. The average Bonchev–Trinajstić information content (AvgIpc) is 2.50. The van der Waals surface area contributed by atoms with Crippen molar-refractivity contribution in [2.45, 2.75) is 13.2 Å². The highest BCUT2D eigenvalue weighted by Gasteiger charge is 2.25. The Morgan fingerprint density at radius 1 is 1.57 bits per heavy atom. The lowest BCUT2D eigenvalue weighted by molar-refractivity contribution is -0.119. The Kier molecular flexibility index (Phi) is 1.84. The number of fused-ring (bicyclic) bond motifs is 1. The zero-order chi connectivity index (χ0) is 10.1. The van der Waals surface area contributed by atoms with Crippen LogP contribution < -0.4 is 16.0 Å². The monoisotopic (exact) mass is 195 g/mol. The van der Waals surface area contributed by atoms with Crippen LogP contribution in [-0.4, -0.2) is 28.1 Å². The fraction of sp³-hybridized carbons (Fsp3) is 0.286. The SMILES string of the molecule is CC(=O)NC1NC(=O)c2[nH]cnc2N1. The summed E-state index contributed by atoms with van der Waals surface area (Å²) < 4.78 is 0. The molecule has 0 saturated heterocycles. The van der Waals surface area contributed by atoms with Crippen LogP contribution in [0.4, 0.5) is 5.82 Å². The summed E-state index contributed by atoms with van der Waals surface area (Å²) in [5, 5.41) is 7.88. The number of nitrogens with zero attached hydrogens (tertiary/aromatic N) is 1. The molecule has 0 radical (unpaired) electrons. The summed E-state index contributed by atoms with van der Waals surface area (Å²) in [5.74, 6) is -0.0933. The number of aromatic nitrogens is 2. The third-order valence-electron chi connectivity index (χ3n) is 1.77. The number of nitrogens with one attached hydrogen (secondary N) is 4. The van der Waals surface area contributed by atoms with Gasteiger partial charge in [0.2, 0.25) is 5.91 Å². The highest BCUT2D eigenvalue weighted by molar-refractivity contribution is 5.99. The number of aromatic amines is 1. The molecule has 2 heterocycles. The molecule has 0 spiro atoms. The number of H-pyrrole nitrogens is 1. The molecule has 1 aliphatic heterocycles. The van der Waals surface area contributed by atoms with Gasteiger partial charge in [0.25, 0.3) is 5.91 Å². The van der Waals surface area contributed by atoms with Gasteiger partial charge in [0.15, 0.2) is 12.1 Å². The number of hydrogen-bond acceptors (Lipinski definition) is 4. The number of carbonyl (C=O) groups excluding carboxylic acids is 2. The summed E-state index contributed by atoms with van der Waals surface area (Å²) in [6, 6.07) is 0. The van der Waals surface area contributed by atoms with E-state index in [1.165, 1.54) is 13.3 Å². The molecule has 1 aromatic rings. The maximum absolute atomic E-state index is 11.4. The van der Waals surface area contributed by atoms with Gasteiger partial charge < -0.3 is 20.9 Å². The highest BCUT2D eigenvalue weighted by atomic mass is 16.2. The minimum atomic E-state index is -0.601. The molecule has 0 saturated carbocycles. The van der Waals surface area contributed by atoms with Crippen molar-refractivity contribution >= 4 is 17.6 Å². The Labute approximate surface area is 79.3 Å². The lowest BCUT2D eigenvalue weighted by Gasteiger charge is -2.24. The molecule has 74 valence electrons. The van der Waals surface area contributed by atoms with Crippen LogP contribution >= 0.6 is 0 Å². The van der Waals surface area contributed by atoms with E-state index in [1.54, 1.807) is 0 Å². The first kappa shape index (κ1) is 8.54. The molecule has 0 fully saturated rings. The minimum Gasteiger partial charge on any atom is -0.339 e. The van der Waals surface area contributed by atoms with Gasteiger partial charge >= 0.3 is 0 Å². The van der Waals surface area contributed by atoms with Crippen LogP contribution in [0.15, 0.2) is 6.33 Å². The van der Waals surface area contributed by atoms with Gasteiger partial charge in [0.1, 0.15) is 5.69 Å². The fourth-order valence-corrected chi connectivity index (χ4v) is 1.23. The van der Waals surface area contributed by atoms with E-state index in [9.17, 15) is 9.59 Å². The van der Waals surface area contributed by atoms with Crippen molar-refractivity contribution in [1.29, 1.82) is 0 Å². The molecule has 4 N–H and O–H groups in total. The number of imidazole rings is 1. The molecular formula is C7H9N5O2. The van der Waals surface area contributed by atoms with Crippen LogP contribution in [0.2, 0.25) is 0 Å². The Balaban J connectivity index is 2.17. The maximum atomic E-state index is 11.4. The number of amides is 2. The molecule has 0 bridgehead atoms. The van der Waals surface area contributed by atoms with Crippen molar-refractivity contribution in [1.82, 2.24) is 20.6 Å². The normalized spacial score (nSPS) is 19.2. The smallest absolute Gasteiger partial charge is 0.274 e. The average molecular weight is 195 g/mol. The lowest BCUT2D eigenvalue weighted by Crippen LogP contribution is -2.55. The van der Waals surface area contributed by atoms with E-state index >= 15 is 0 Å². The zero-order valence-corrected chi connectivity index (χ0v) is 7.42. The third-order valence-corrected chi connectivity index (χ3v) is 1.77. The minimum absolute atomic E-state index is 0.234. The van der Waals surface area contributed by atoms with E-state index in [2.05, 4.69) is 25.9 Å². The van der Waals surface area contributed by atoms with Crippen molar-refractivity contribution in [3.05, 3.63) is 12.0 Å². The predicted molar refractivity (Wildman–Crippen MR) is 47.3 cm³/mol. The van der Waals surface area contributed by atoms with E-state index in [-0.39, 0.29) is 11.8 Å². The first-order chi connectivity index (χ1) is 6.66. The largest absolute Gasteiger partial charge is 0.339 e. The first-order valence-electron chi connectivity index (χ1n) is 4.04. The molecule has 1 atom stereocenters. The van der Waals surface area contributed by atoms with Crippen LogP contribution in [0.25, 0.3) is 0 Å². The molecule has 7 nitrogen and oxygen atoms in total. The van der Waals surface area contributed by atoms with Gasteiger partial charge in [-0.1, -0.05) is 0 Å². The Morgan fingerprint density at radius 3 is 3.07 bits per heavy atom. The van der Waals surface area contributed by atoms with Crippen LogP contribution in [0.3, 0.4) is 0 Å². The van der Waals surface area contributed by atoms with Crippen LogP contribution in [0.1, 0.15) is 17.4 Å². The number of rotatable bonds is 1. The van der Waals surface area contributed by atoms with Gasteiger partial charge in [-0.05, 0) is 0 Å². The Hall–Kier alpha value is -2.05. The second-order valence-corrected chi connectivity index (χ2v) is 2.88. The molecule has 0 aromatic carbocycles. The van der Waals surface area contributed by atoms with Crippen LogP contribution in [0, 0.1) is 0 Å². The van der Waals surface area contributed by atoms with E-state index in [0.29, 0.717) is 11.5 Å². The topological polar surface area (TPSA) is 98.9 Å². The molecule has 14 heavy (non-hydrogen) atoms. The summed E-state index contributed by atoms with van der Waals surface area (Å²) in [6.45, 7) is 1.37. The standard InChI is InChI=1S/C7H9N5O2/c1-3(13)10-7-11-5-4(6(14)12-7)8-2-9-5/h2,7,11H,1H3,(H,8,9)(H,10,13)(H,12,14). The molecule has 0 aliphatic carbocycles. The number of anilines is 1. The van der Waals surface area contributed by atoms with Crippen molar-refractivity contribution in [3.8, 4) is 0 Å². The predicted octanol–water partition coefficient (Wildman–Crippen LogP) is -1.02. The van der Waals surface area contributed by atoms with E-state index in [4.69, 9.17) is 0 Å². The number of hydrogen-bond donors (Lipinski definition) is 4. The van der Waals surface area contributed by atoms with Crippen molar-refractivity contribution < 1.29 is 9.59 Å². The fourth-order valence-electron chi connectivity index (χ4n) is 1.23. The molecular weight excluding hydrogens is 186 g/mol. The van der Waals surface area contributed by atoms with Crippen LogP contribution in [-0.2, 0) is 4.79 Å². The zero-order valence-electron chi connectivity index (χ0n) is 7.42. The summed E-state index contributed by atoms with van der Waals surface area (Å²) in [7, 11) is 0. The second-order valence-electron chi connectivity index (χ2n) is 2.88. The van der Waals surface area contributed by atoms with Gasteiger partial charge in [0.05, 0.1) is 6.33 Å². The lowest BCUT2D eigenvalue weighted by atomic mass is 10.3. The maximum Gasteiger partial charge on any atom is 0.274 e. The summed E-state index contributed by atoms with van der Waals surface area (Å²) in [4.78, 5) is 28.7. The van der Waals surface area contributed by atoms with E-state index < -0.39 is 6.29 Å². The molecule has 2 rings (SSSR count). The highest BCUT2D eigenvalue weighted by Crippen LogP contribution is 2.13. The molecule has 7 heteroatoms. The summed E-state index contributed by atoms with van der Waals surface area (Å²) in [5.41, 5.74) is 0.367. The van der Waals surface area contributed by atoms with Crippen LogP contribution in [0.5, 0.6) is 0 Å². The Morgan fingerprint density at radius 2 is 2.36 bits per heavy atom.